The summed E-state index contributed by atoms with van der Waals surface area (Å²) in [4.78, 5) is 45.1. The molecule has 0 atom stereocenters. The molecule has 2 aromatic rings. The summed E-state index contributed by atoms with van der Waals surface area (Å²) in [7, 11) is 0. The minimum Gasteiger partial charge on any atom is -0.289 e. The molecule has 0 fully saturated rings. The molecule has 2 bridgehead atoms. The monoisotopic (exact) mass is 412 g/mol. The Kier molecular flexibility index (Phi) is 5.54. The molecular weight excluding hydrogens is 384 g/mol. The average Bonchev–Trinajstić information content (AvgIpc) is 2.85. The van der Waals surface area contributed by atoms with Crippen LogP contribution in [0.15, 0.2) is 30.3 Å². The third kappa shape index (κ3) is 4.27. The van der Waals surface area contributed by atoms with Gasteiger partial charge in [0.15, 0.2) is 11.5 Å². The summed E-state index contributed by atoms with van der Waals surface area (Å²) in [6, 6.07) is 8.55. The minimum atomic E-state index is -0.832. The molecule has 0 radical (unpaired) electrons. The van der Waals surface area contributed by atoms with Crippen molar-refractivity contribution in [2.75, 3.05) is 0 Å². The molecule has 0 aliphatic carbocycles. The first kappa shape index (κ1) is 21.7. The number of carbonyl (C=O) groups excluding carboxylic acids is 2. The maximum Gasteiger partial charge on any atom is 0.390 e. The predicted molar refractivity (Wildman–Crippen MR) is 112 cm³/mol. The predicted octanol–water partition coefficient (Wildman–Crippen LogP) is 5.63. The SMILES string of the molecule is Cc1cccc(C(=O)OOC(=O)c2ccc3c(C)c2OO3)c1C(C)(C)CC(C)(C)C. The highest BCUT2D eigenvalue weighted by molar-refractivity contribution is 5.95. The lowest BCUT2D eigenvalue weighted by molar-refractivity contribution is -0.188. The Bertz CT molecular complexity index is 997. The molecule has 0 saturated heterocycles. The number of aryl methyl sites for hydroxylation is 1. The van der Waals surface area contributed by atoms with Gasteiger partial charge in [-0.3, -0.25) is 9.78 Å². The highest BCUT2D eigenvalue weighted by Crippen LogP contribution is 2.40. The fourth-order valence-electron chi connectivity index (χ4n) is 4.43. The Morgan fingerprint density at radius 1 is 0.867 bits per heavy atom. The van der Waals surface area contributed by atoms with Crippen LogP contribution in [0.5, 0.6) is 11.5 Å². The first-order chi connectivity index (χ1) is 13.9. The lowest BCUT2D eigenvalue weighted by atomic mass is 9.70. The first-order valence-corrected chi connectivity index (χ1v) is 9.92. The second-order valence-electron chi connectivity index (χ2n) is 9.59. The van der Waals surface area contributed by atoms with E-state index in [1.165, 1.54) is 6.07 Å². The van der Waals surface area contributed by atoms with Gasteiger partial charge in [0.1, 0.15) is 5.56 Å². The lowest BCUT2D eigenvalue weighted by Crippen LogP contribution is -2.28. The summed E-state index contributed by atoms with van der Waals surface area (Å²) in [6.07, 6.45) is 0.858. The van der Waals surface area contributed by atoms with Crippen molar-refractivity contribution in [2.24, 2.45) is 5.41 Å². The summed E-state index contributed by atoms with van der Waals surface area (Å²) in [5.41, 5.74) is 2.83. The average molecular weight is 412 g/mol. The molecule has 0 saturated carbocycles. The zero-order valence-electron chi connectivity index (χ0n) is 18.5. The van der Waals surface area contributed by atoms with Crippen LogP contribution < -0.4 is 9.78 Å². The number of benzene rings is 2. The van der Waals surface area contributed by atoms with Crippen molar-refractivity contribution in [3.63, 3.8) is 0 Å². The molecule has 0 aromatic heterocycles. The van der Waals surface area contributed by atoms with Gasteiger partial charge in [-0.15, -0.1) is 0 Å². The van der Waals surface area contributed by atoms with E-state index in [0.717, 1.165) is 17.5 Å². The molecule has 3 rings (SSSR count). The summed E-state index contributed by atoms with van der Waals surface area (Å²) < 4.78 is 0. The van der Waals surface area contributed by atoms with Crippen molar-refractivity contribution in [1.82, 2.24) is 0 Å². The van der Waals surface area contributed by atoms with E-state index in [2.05, 4.69) is 34.6 Å². The van der Waals surface area contributed by atoms with Crippen molar-refractivity contribution in [1.29, 1.82) is 0 Å². The first-order valence-electron chi connectivity index (χ1n) is 9.92. The van der Waals surface area contributed by atoms with Crippen molar-refractivity contribution in [2.45, 2.75) is 60.3 Å². The van der Waals surface area contributed by atoms with Gasteiger partial charge in [0.2, 0.25) is 0 Å². The van der Waals surface area contributed by atoms with Crippen molar-refractivity contribution >= 4 is 11.9 Å². The molecule has 6 heteroatoms. The van der Waals surface area contributed by atoms with E-state index in [1.807, 2.05) is 13.0 Å². The molecule has 6 nitrogen and oxygen atoms in total. The highest BCUT2D eigenvalue weighted by atomic mass is 17.2. The number of hydrogen-bond donors (Lipinski definition) is 0. The number of hydrogen-bond acceptors (Lipinski definition) is 6. The third-order valence-electron chi connectivity index (χ3n) is 5.13. The fraction of sp³-hybridized carbons (Fsp3) is 0.417. The Labute approximate surface area is 176 Å². The lowest BCUT2D eigenvalue weighted by Gasteiger charge is -2.35. The molecule has 0 spiro atoms. The van der Waals surface area contributed by atoms with E-state index in [-0.39, 0.29) is 22.1 Å². The maximum atomic E-state index is 12.8. The molecule has 1 aliphatic rings. The van der Waals surface area contributed by atoms with Gasteiger partial charge in [0.05, 0.1) is 5.56 Å². The van der Waals surface area contributed by atoms with Crippen LogP contribution in [0.3, 0.4) is 0 Å². The minimum absolute atomic E-state index is 0.0637. The van der Waals surface area contributed by atoms with E-state index < -0.39 is 11.9 Å². The van der Waals surface area contributed by atoms with Crippen LogP contribution in [-0.2, 0) is 15.2 Å². The molecule has 0 unspecified atom stereocenters. The topological polar surface area (TPSA) is 71.1 Å². The second-order valence-corrected chi connectivity index (χ2v) is 9.59. The molecule has 160 valence electrons. The molecule has 1 aliphatic heterocycles. The van der Waals surface area contributed by atoms with Crippen LogP contribution in [0.4, 0.5) is 0 Å². The van der Waals surface area contributed by atoms with Crippen molar-refractivity contribution in [3.8, 4) is 11.5 Å². The maximum absolute atomic E-state index is 12.8. The number of carbonyl (C=O) groups is 2. The van der Waals surface area contributed by atoms with Gasteiger partial charge < -0.3 is 0 Å². The Balaban J connectivity index is 1.81. The van der Waals surface area contributed by atoms with Gasteiger partial charge in [-0.05, 0) is 60.4 Å². The number of fused-ring (bicyclic) bond motifs is 2. The van der Waals surface area contributed by atoms with Crippen molar-refractivity contribution in [3.05, 3.63) is 58.1 Å². The third-order valence-corrected chi connectivity index (χ3v) is 5.13. The molecule has 30 heavy (non-hydrogen) atoms. The standard InChI is InChI=1S/C24H28O6/c1-14-9-8-10-16(19(14)24(6,7)13-23(3,4)5)21(25)29-30-22(26)17-11-12-18-15(2)20(17)28-27-18/h8-12H,13H2,1-7H3. The fourth-order valence-corrected chi connectivity index (χ4v) is 4.43. The van der Waals surface area contributed by atoms with Gasteiger partial charge in [-0.1, -0.05) is 46.8 Å². The summed E-state index contributed by atoms with van der Waals surface area (Å²) in [5, 5.41) is 0. The molecule has 0 N–H and O–H groups in total. The zero-order chi connectivity index (χ0) is 22.3. The zero-order valence-corrected chi connectivity index (χ0v) is 18.5. The van der Waals surface area contributed by atoms with E-state index in [9.17, 15) is 9.59 Å². The van der Waals surface area contributed by atoms with E-state index >= 15 is 0 Å². The summed E-state index contributed by atoms with van der Waals surface area (Å²) in [6.45, 7) is 14.4. The Morgan fingerprint density at radius 2 is 1.50 bits per heavy atom. The van der Waals surface area contributed by atoms with Gasteiger partial charge in [-0.25, -0.2) is 19.4 Å². The molecule has 0 amide bonds. The van der Waals surface area contributed by atoms with Crippen LogP contribution in [-0.4, -0.2) is 11.9 Å². The summed E-state index contributed by atoms with van der Waals surface area (Å²) >= 11 is 0. The van der Waals surface area contributed by atoms with Gasteiger partial charge >= 0.3 is 11.9 Å². The van der Waals surface area contributed by atoms with E-state index in [1.54, 1.807) is 25.1 Å². The van der Waals surface area contributed by atoms with Crippen LogP contribution in [0, 0.1) is 19.3 Å². The number of rotatable bonds is 4. The van der Waals surface area contributed by atoms with E-state index in [4.69, 9.17) is 19.6 Å². The van der Waals surface area contributed by atoms with E-state index in [0.29, 0.717) is 16.9 Å². The summed E-state index contributed by atoms with van der Waals surface area (Å²) in [5.74, 6) is -0.757. The normalized spacial score (nSPS) is 12.8. The van der Waals surface area contributed by atoms with Crippen molar-refractivity contribution < 1.29 is 29.1 Å². The largest absolute Gasteiger partial charge is 0.390 e. The van der Waals surface area contributed by atoms with Crippen LogP contribution >= 0.6 is 0 Å². The molecule has 2 aromatic carbocycles. The smallest absolute Gasteiger partial charge is 0.289 e. The van der Waals surface area contributed by atoms with Crippen LogP contribution in [0.25, 0.3) is 0 Å². The molecule has 1 heterocycles. The van der Waals surface area contributed by atoms with Crippen LogP contribution in [0.1, 0.15) is 78.4 Å². The quantitative estimate of drug-likeness (QED) is 0.479. The van der Waals surface area contributed by atoms with Gasteiger partial charge in [0, 0.05) is 5.56 Å². The highest BCUT2D eigenvalue weighted by Gasteiger charge is 2.33. The van der Waals surface area contributed by atoms with Gasteiger partial charge in [0.25, 0.3) is 0 Å². The van der Waals surface area contributed by atoms with Crippen LogP contribution in [0.2, 0.25) is 0 Å². The Hall–Kier alpha value is -3.02. The second kappa shape index (κ2) is 7.67. The molecular formula is C24H28O6. The Morgan fingerprint density at radius 3 is 2.13 bits per heavy atom. The van der Waals surface area contributed by atoms with Gasteiger partial charge in [-0.2, -0.15) is 0 Å².